The van der Waals surface area contributed by atoms with E-state index in [1.807, 2.05) is 66.7 Å². The van der Waals surface area contributed by atoms with Gasteiger partial charge >= 0.3 is 0 Å². The minimum absolute atomic E-state index is 0.0944. The molecule has 114 valence electrons. The van der Waals surface area contributed by atoms with Crippen LogP contribution in [0.2, 0.25) is 0 Å². The van der Waals surface area contributed by atoms with Gasteiger partial charge in [-0.1, -0.05) is 54.3 Å². The molecule has 0 saturated carbocycles. The Kier molecular flexibility index (Phi) is 3.33. The first kappa shape index (κ1) is 14.2. The minimum atomic E-state index is 0.0944. The molecule has 0 aliphatic carbocycles. The van der Waals surface area contributed by atoms with Crippen LogP contribution in [0.25, 0.3) is 21.5 Å². The lowest BCUT2D eigenvalue weighted by Crippen LogP contribution is -1.84. The third-order valence-electron chi connectivity index (χ3n) is 4.07. The second-order valence-electron chi connectivity index (χ2n) is 5.65. The number of benzene rings is 4. The van der Waals surface area contributed by atoms with Crippen LogP contribution in [0.15, 0.2) is 72.8 Å². The maximum absolute atomic E-state index is 10.6. The van der Waals surface area contributed by atoms with Gasteiger partial charge in [0.2, 0.25) is 0 Å². The van der Waals surface area contributed by atoms with Gasteiger partial charge in [0, 0.05) is 16.3 Å². The van der Waals surface area contributed by atoms with Crippen LogP contribution in [0.3, 0.4) is 0 Å². The average Bonchev–Trinajstić information content (AvgIpc) is 2.63. The van der Waals surface area contributed by atoms with Gasteiger partial charge in [-0.15, -0.1) is 0 Å². The molecule has 2 nitrogen and oxygen atoms in total. The fraction of sp³-hybridized carbons (Fsp3) is 0. The van der Waals surface area contributed by atoms with Crippen LogP contribution >= 0.6 is 0 Å². The molecule has 24 heavy (non-hydrogen) atoms. The molecular formula is C22H14O2. The van der Waals surface area contributed by atoms with Gasteiger partial charge in [0.05, 0.1) is 5.56 Å². The van der Waals surface area contributed by atoms with Crippen LogP contribution in [-0.2, 0) is 0 Å². The average molecular weight is 310 g/mol. The van der Waals surface area contributed by atoms with E-state index < -0.39 is 0 Å². The van der Waals surface area contributed by atoms with Crippen LogP contribution < -0.4 is 0 Å². The fourth-order valence-electron chi connectivity index (χ4n) is 2.83. The molecule has 2 N–H and O–H groups in total. The van der Waals surface area contributed by atoms with Crippen molar-refractivity contribution in [2.24, 2.45) is 0 Å². The zero-order chi connectivity index (χ0) is 16.5. The first-order valence-electron chi connectivity index (χ1n) is 7.67. The highest BCUT2D eigenvalue weighted by Crippen LogP contribution is 2.37. The third kappa shape index (κ3) is 2.43. The summed E-state index contributed by atoms with van der Waals surface area (Å²) < 4.78 is 0. The summed E-state index contributed by atoms with van der Waals surface area (Å²) in [6.07, 6.45) is 0. The standard InChI is InChI=1S/C22H14O2/c23-21-14-18(11-10-15-6-2-1-3-7-15)22(24)20-13-17-9-5-4-8-16(17)12-19(20)21/h1-9,12-14,23-24H. The summed E-state index contributed by atoms with van der Waals surface area (Å²) in [6, 6.07) is 22.7. The highest BCUT2D eigenvalue weighted by molar-refractivity contribution is 6.04. The Morgan fingerprint density at radius 3 is 1.96 bits per heavy atom. The highest BCUT2D eigenvalue weighted by Gasteiger charge is 2.11. The maximum Gasteiger partial charge on any atom is 0.139 e. The zero-order valence-corrected chi connectivity index (χ0v) is 12.8. The molecule has 0 bridgehead atoms. The van der Waals surface area contributed by atoms with Crippen LogP contribution in [0, 0.1) is 11.8 Å². The Bertz CT molecular complexity index is 1120. The van der Waals surface area contributed by atoms with Crippen molar-refractivity contribution in [1.82, 2.24) is 0 Å². The topological polar surface area (TPSA) is 40.5 Å². The third-order valence-corrected chi connectivity index (χ3v) is 4.07. The van der Waals surface area contributed by atoms with Crippen molar-refractivity contribution in [2.45, 2.75) is 0 Å². The number of hydrogen-bond acceptors (Lipinski definition) is 2. The van der Waals surface area contributed by atoms with Crippen molar-refractivity contribution in [3.8, 4) is 23.3 Å². The van der Waals surface area contributed by atoms with Gasteiger partial charge in [-0.05, 0) is 41.1 Å². The molecule has 4 aromatic rings. The van der Waals surface area contributed by atoms with Gasteiger partial charge < -0.3 is 10.2 Å². The number of hydrogen-bond donors (Lipinski definition) is 2. The summed E-state index contributed by atoms with van der Waals surface area (Å²) in [6.45, 7) is 0. The molecule has 0 atom stereocenters. The molecule has 2 heteroatoms. The fourth-order valence-corrected chi connectivity index (χ4v) is 2.83. The van der Waals surface area contributed by atoms with E-state index >= 15 is 0 Å². The van der Waals surface area contributed by atoms with Crippen molar-refractivity contribution in [1.29, 1.82) is 0 Å². The monoisotopic (exact) mass is 310 g/mol. The van der Waals surface area contributed by atoms with Crippen LogP contribution in [-0.4, -0.2) is 10.2 Å². The molecule has 4 aromatic carbocycles. The second kappa shape index (κ2) is 5.64. The Balaban J connectivity index is 1.93. The molecule has 0 heterocycles. The predicted molar refractivity (Wildman–Crippen MR) is 97.2 cm³/mol. The predicted octanol–water partition coefficient (Wildman–Crippen LogP) is 4.80. The Hall–Kier alpha value is -3.44. The van der Waals surface area contributed by atoms with E-state index in [2.05, 4.69) is 11.8 Å². The second-order valence-corrected chi connectivity index (χ2v) is 5.65. The molecule has 0 aliphatic rings. The lowest BCUT2D eigenvalue weighted by atomic mass is 9.99. The smallest absolute Gasteiger partial charge is 0.139 e. The summed E-state index contributed by atoms with van der Waals surface area (Å²) in [4.78, 5) is 0. The van der Waals surface area contributed by atoms with Crippen molar-refractivity contribution in [3.63, 3.8) is 0 Å². The summed E-state index contributed by atoms with van der Waals surface area (Å²) in [5.74, 6) is 6.17. The SMILES string of the molecule is Oc1cc(C#Cc2ccccc2)c(O)c2cc3ccccc3cc12. The van der Waals surface area contributed by atoms with Crippen molar-refractivity contribution >= 4 is 21.5 Å². The van der Waals surface area contributed by atoms with E-state index in [0.717, 1.165) is 16.3 Å². The van der Waals surface area contributed by atoms with Crippen LogP contribution in [0.1, 0.15) is 11.1 Å². The molecule has 0 radical (unpaired) electrons. The van der Waals surface area contributed by atoms with Crippen molar-refractivity contribution in [3.05, 3.63) is 83.9 Å². The van der Waals surface area contributed by atoms with Gasteiger partial charge in [0.25, 0.3) is 0 Å². The number of aromatic hydroxyl groups is 2. The molecular weight excluding hydrogens is 296 g/mol. The molecule has 0 aromatic heterocycles. The van der Waals surface area contributed by atoms with E-state index in [1.165, 1.54) is 6.07 Å². The number of fused-ring (bicyclic) bond motifs is 2. The highest BCUT2D eigenvalue weighted by atomic mass is 16.3. The number of rotatable bonds is 0. The van der Waals surface area contributed by atoms with Crippen LogP contribution in [0.4, 0.5) is 0 Å². The summed E-state index contributed by atoms with van der Waals surface area (Å²) >= 11 is 0. The van der Waals surface area contributed by atoms with Gasteiger partial charge in [-0.3, -0.25) is 0 Å². The quantitative estimate of drug-likeness (QED) is 0.278. The molecule has 4 rings (SSSR count). The van der Waals surface area contributed by atoms with Gasteiger partial charge in [-0.2, -0.15) is 0 Å². The van der Waals surface area contributed by atoms with Crippen LogP contribution in [0.5, 0.6) is 11.5 Å². The normalized spacial score (nSPS) is 10.5. The van der Waals surface area contributed by atoms with E-state index in [0.29, 0.717) is 16.3 Å². The molecule has 0 amide bonds. The first-order chi connectivity index (χ1) is 11.7. The lowest BCUT2D eigenvalue weighted by molar-refractivity contribution is 0.468. The van der Waals surface area contributed by atoms with Gasteiger partial charge in [0.1, 0.15) is 11.5 Å². The summed E-state index contributed by atoms with van der Waals surface area (Å²) in [5.41, 5.74) is 1.27. The van der Waals surface area contributed by atoms with E-state index in [9.17, 15) is 10.2 Å². The Morgan fingerprint density at radius 2 is 1.25 bits per heavy atom. The van der Waals surface area contributed by atoms with E-state index in [4.69, 9.17) is 0 Å². The summed E-state index contributed by atoms with van der Waals surface area (Å²) in [7, 11) is 0. The number of phenols is 2. The Morgan fingerprint density at radius 1 is 0.625 bits per heavy atom. The largest absolute Gasteiger partial charge is 0.507 e. The molecule has 0 spiro atoms. The maximum atomic E-state index is 10.6. The van der Waals surface area contributed by atoms with Crippen molar-refractivity contribution < 1.29 is 10.2 Å². The minimum Gasteiger partial charge on any atom is -0.507 e. The lowest BCUT2D eigenvalue weighted by Gasteiger charge is -2.08. The summed E-state index contributed by atoms with van der Waals surface area (Å²) in [5, 5.41) is 24.2. The Labute approximate surface area is 139 Å². The molecule has 0 aliphatic heterocycles. The van der Waals surface area contributed by atoms with Crippen molar-refractivity contribution in [2.75, 3.05) is 0 Å². The first-order valence-corrected chi connectivity index (χ1v) is 7.67. The number of phenolic OH excluding ortho intramolecular Hbond substituents is 2. The molecule has 0 saturated heterocycles. The van der Waals surface area contributed by atoms with Gasteiger partial charge in [0.15, 0.2) is 0 Å². The van der Waals surface area contributed by atoms with E-state index in [-0.39, 0.29) is 11.5 Å². The van der Waals surface area contributed by atoms with E-state index in [1.54, 1.807) is 0 Å². The molecule has 0 unspecified atom stereocenters. The zero-order valence-electron chi connectivity index (χ0n) is 12.8. The van der Waals surface area contributed by atoms with Gasteiger partial charge in [-0.25, -0.2) is 0 Å². The molecule has 0 fully saturated rings.